The third-order valence-electron chi connectivity index (χ3n) is 4.14. The Labute approximate surface area is 207 Å². The quantitative estimate of drug-likeness (QED) is 0.311. The van der Waals surface area contributed by atoms with Crippen molar-refractivity contribution < 1.29 is 28.9 Å². The topological polar surface area (TPSA) is 118 Å². The van der Waals surface area contributed by atoms with E-state index in [0.29, 0.717) is 16.6 Å². The van der Waals surface area contributed by atoms with E-state index in [1.165, 1.54) is 6.21 Å². The second-order valence-corrected chi connectivity index (χ2v) is 9.07. The third kappa shape index (κ3) is 9.40. The van der Waals surface area contributed by atoms with Crippen LogP contribution in [0.2, 0.25) is 0 Å². The monoisotopic (exact) mass is 535 g/mol. The van der Waals surface area contributed by atoms with E-state index in [1.54, 1.807) is 39.8 Å². The Morgan fingerprint density at radius 2 is 1.91 bits per heavy atom. The van der Waals surface area contributed by atoms with Crippen molar-refractivity contribution in [1.29, 1.82) is 0 Å². The number of benzene rings is 2. The van der Waals surface area contributed by atoms with Gasteiger partial charge in [0.25, 0.3) is 5.91 Å². The molecule has 0 unspecified atom stereocenters. The lowest BCUT2D eigenvalue weighted by molar-refractivity contribution is -0.124. The van der Waals surface area contributed by atoms with Gasteiger partial charge in [0.15, 0.2) is 11.5 Å². The van der Waals surface area contributed by atoms with E-state index < -0.39 is 23.6 Å². The number of hydrogen-bond donors (Lipinski definition) is 3. The summed E-state index contributed by atoms with van der Waals surface area (Å²) in [6.07, 6.45) is 0.642. The van der Waals surface area contributed by atoms with E-state index in [0.717, 1.165) is 5.56 Å². The van der Waals surface area contributed by atoms with E-state index in [4.69, 9.17) is 14.2 Å². The van der Waals surface area contributed by atoms with Crippen LogP contribution in [0.15, 0.2) is 52.0 Å². The van der Waals surface area contributed by atoms with Gasteiger partial charge in [0.05, 0.1) is 30.5 Å². The lowest BCUT2D eigenvalue weighted by atomic mass is 10.2. The summed E-state index contributed by atoms with van der Waals surface area (Å²) in [5.74, 6) is -0.332. The van der Waals surface area contributed by atoms with Crippen molar-refractivity contribution in [2.75, 3.05) is 13.2 Å². The molecular formula is C24H30BrN3O6. The molecule has 0 saturated carbocycles. The first-order valence-corrected chi connectivity index (χ1v) is 11.5. The standard InChI is InChI=1S/C24H30BrN3O6/c1-5-33-20-12-17(11-18(25)21(20)29)13-26-28-22(30)19(27-23(31)34-24(2,3)4)15-32-14-16-9-7-6-8-10-16/h6-13,19,29H,5,14-15H2,1-4H3,(H,27,31)(H,28,30)/b26-13-/t19-/m0/s1. The highest BCUT2D eigenvalue weighted by molar-refractivity contribution is 9.10. The number of nitrogens with zero attached hydrogens (tertiary/aromatic N) is 1. The molecule has 184 valence electrons. The molecule has 0 spiro atoms. The second-order valence-electron chi connectivity index (χ2n) is 8.22. The average molecular weight is 536 g/mol. The van der Waals surface area contributed by atoms with E-state index in [9.17, 15) is 14.7 Å². The Balaban J connectivity index is 2.05. The van der Waals surface area contributed by atoms with E-state index >= 15 is 0 Å². The number of aromatic hydroxyl groups is 1. The van der Waals surface area contributed by atoms with Crippen LogP contribution in [0.3, 0.4) is 0 Å². The van der Waals surface area contributed by atoms with Gasteiger partial charge in [-0.3, -0.25) is 4.79 Å². The molecule has 34 heavy (non-hydrogen) atoms. The van der Waals surface area contributed by atoms with Gasteiger partial charge in [0, 0.05) is 0 Å². The SMILES string of the molecule is CCOc1cc(/C=N\NC(=O)[C@H](COCc2ccccc2)NC(=O)OC(C)(C)C)cc(Br)c1O. The summed E-state index contributed by atoms with van der Waals surface area (Å²) in [6, 6.07) is 11.6. The first-order valence-electron chi connectivity index (χ1n) is 10.7. The van der Waals surface area contributed by atoms with Crippen LogP contribution in [0.5, 0.6) is 11.5 Å². The Bertz CT molecular complexity index is 992. The highest BCUT2D eigenvalue weighted by Gasteiger charge is 2.24. The Kier molecular flexibility index (Phi) is 10.3. The first kappa shape index (κ1) is 27.1. The minimum Gasteiger partial charge on any atom is -0.503 e. The van der Waals surface area contributed by atoms with Gasteiger partial charge in [-0.2, -0.15) is 5.10 Å². The van der Waals surface area contributed by atoms with Crippen LogP contribution in [0, 0.1) is 0 Å². The lowest BCUT2D eigenvalue weighted by Crippen LogP contribution is -2.49. The van der Waals surface area contributed by atoms with Crippen molar-refractivity contribution >= 4 is 34.1 Å². The summed E-state index contributed by atoms with van der Waals surface area (Å²) in [4.78, 5) is 24.9. The minimum atomic E-state index is -1.04. The molecular weight excluding hydrogens is 506 g/mol. The van der Waals surface area contributed by atoms with Gasteiger partial charge in [0.2, 0.25) is 0 Å². The van der Waals surface area contributed by atoms with Crippen molar-refractivity contribution in [2.45, 2.75) is 45.9 Å². The number of phenols is 1. The maximum Gasteiger partial charge on any atom is 0.408 e. The van der Waals surface area contributed by atoms with E-state index in [2.05, 4.69) is 31.8 Å². The molecule has 0 heterocycles. The highest BCUT2D eigenvalue weighted by atomic mass is 79.9. The molecule has 2 rings (SSSR count). The van der Waals surface area contributed by atoms with Gasteiger partial charge in [0.1, 0.15) is 11.6 Å². The number of carbonyl (C=O) groups is 2. The normalized spacial score (nSPS) is 12.3. The lowest BCUT2D eigenvalue weighted by Gasteiger charge is -2.22. The van der Waals surface area contributed by atoms with Gasteiger partial charge in [-0.15, -0.1) is 0 Å². The zero-order valence-corrected chi connectivity index (χ0v) is 21.2. The fraction of sp³-hybridized carbons (Fsp3) is 0.375. The van der Waals surface area contributed by atoms with Crippen molar-refractivity contribution in [1.82, 2.24) is 10.7 Å². The predicted octanol–water partition coefficient (Wildman–Crippen LogP) is 4.11. The fourth-order valence-electron chi connectivity index (χ4n) is 2.68. The summed E-state index contributed by atoms with van der Waals surface area (Å²) < 4.78 is 16.7. The van der Waals surface area contributed by atoms with Gasteiger partial charge in [-0.1, -0.05) is 30.3 Å². The molecule has 0 fully saturated rings. The number of nitrogens with one attached hydrogen (secondary N) is 2. The molecule has 0 saturated heterocycles. The first-order chi connectivity index (χ1) is 16.1. The summed E-state index contributed by atoms with van der Waals surface area (Å²) in [5.41, 5.74) is 3.18. The minimum absolute atomic E-state index is 0.0276. The predicted molar refractivity (Wildman–Crippen MR) is 132 cm³/mol. The number of hydrogen-bond acceptors (Lipinski definition) is 7. The summed E-state index contributed by atoms with van der Waals surface area (Å²) in [7, 11) is 0. The highest BCUT2D eigenvalue weighted by Crippen LogP contribution is 2.35. The third-order valence-corrected chi connectivity index (χ3v) is 4.75. The smallest absolute Gasteiger partial charge is 0.408 e. The number of halogens is 1. The number of phenolic OH excluding ortho intramolecular Hbond substituents is 1. The molecule has 0 aliphatic carbocycles. The molecule has 0 aliphatic heterocycles. The molecule has 2 amide bonds. The maximum atomic E-state index is 12.7. The van der Waals surface area contributed by atoms with Crippen LogP contribution >= 0.6 is 15.9 Å². The van der Waals surface area contributed by atoms with Crippen LogP contribution in [0.25, 0.3) is 0 Å². The van der Waals surface area contributed by atoms with Crippen LogP contribution in [-0.4, -0.2) is 48.2 Å². The Hall–Kier alpha value is -3.11. The molecule has 0 aromatic heterocycles. The van der Waals surface area contributed by atoms with E-state index in [1.807, 2.05) is 30.3 Å². The summed E-state index contributed by atoms with van der Waals surface area (Å²) >= 11 is 3.25. The van der Waals surface area contributed by atoms with Crippen molar-refractivity contribution in [2.24, 2.45) is 5.10 Å². The summed E-state index contributed by atoms with van der Waals surface area (Å²) in [5, 5.41) is 16.5. The van der Waals surface area contributed by atoms with Gasteiger partial charge in [-0.05, 0) is 66.9 Å². The van der Waals surface area contributed by atoms with E-state index in [-0.39, 0.29) is 24.7 Å². The molecule has 1 atom stereocenters. The average Bonchev–Trinajstić information content (AvgIpc) is 2.76. The zero-order valence-electron chi connectivity index (χ0n) is 19.6. The van der Waals surface area contributed by atoms with Crippen LogP contribution in [0.1, 0.15) is 38.8 Å². The largest absolute Gasteiger partial charge is 0.503 e. The number of alkyl carbamates (subject to hydrolysis) is 1. The molecule has 3 N–H and O–H groups in total. The summed E-state index contributed by atoms with van der Waals surface area (Å²) in [6.45, 7) is 7.53. The van der Waals surface area contributed by atoms with Gasteiger partial charge in [-0.25, -0.2) is 10.2 Å². The zero-order chi connectivity index (χ0) is 25.1. The molecule has 2 aromatic rings. The molecule has 0 radical (unpaired) electrons. The van der Waals surface area contributed by atoms with Crippen molar-refractivity contribution in [3.8, 4) is 11.5 Å². The molecule has 2 aromatic carbocycles. The Morgan fingerprint density at radius 1 is 1.21 bits per heavy atom. The van der Waals surface area contributed by atoms with Crippen LogP contribution in [-0.2, 0) is 20.9 Å². The van der Waals surface area contributed by atoms with Crippen molar-refractivity contribution in [3.63, 3.8) is 0 Å². The molecule has 0 aliphatic rings. The number of amides is 2. The molecule has 9 nitrogen and oxygen atoms in total. The molecule has 0 bridgehead atoms. The maximum absolute atomic E-state index is 12.7. The molecule has 10 heteroatoms. The van der Waals surface area contributed by atoms with Crippen LogP contribution < -0.4 is 15.5 Å². The Morgan fingerprint density at radius 3 is 2.56 bits per heavy atom. The fourth-order valence-corrected chi connectivity index (χ4v) is 3.14. The van der Waals surface area contributed by atoms with Crippen molar-refractivity contribution in [3.05, 3.63) is 58.1 Å². The van der Waals surface area contributed by atoms with Gasteiger partial charge >= 0.3 is 6.09 Å². The second kappa shape index (κ2) is 13.0. The number of rotatable bonds is 10. The number of hydrazone groups is 1. The van der Waals surface area contributed by atoms with Gasteiger partial charge < -0.3 is 24.6 Å². The number of ether oxygens (including phenoxy) is 3. The number of carbonyl (C=O) groups excluding carboxylic acids is 2. The van der Waals surface area contributed by atoms with Crippen LogP contribution in [0.4, 0.5) is 4.79 Å².